The Morgan fingerprint density at radius 3 is 2.02 bits per heavy atom. The first-order valence-electron chi connectivity index (χ1n) is 20.2. The van der Waals surface area contributed by atoms with Crippen LogP contribution in [0.4, 0.5) is 0 Å². The van der Waals surface area contributed by atoms with Crippen LogP contribution in [0.5, 0.6) is 0 Å². The van der Waals surface area contributed by atoms with Gasteiger partial charge in [0.1, 0.15) is 42.7 Å². The van der Waals surface area contributed by atoms with Crippen LogP contribution >= 0.6 is 0 Å². The van der Waals surface area contributed by atoms with E-state index in [-0.39, 0.29) is 46.7 Å². The van der Waals surface area contributed by atoms with E-state index in [1.54, 1.807) is 13.8 Å². The molecule has 8 rings (SSSR count). The third-order valence-corrected chi connectivity index (χ3v) is 16.1. The first-order chi connectivity index (χ1) is 24.5. The maximum atomic E-state index is 11.7. The van der Waals surface area contributed by atoms with Gasteiger partial charge in [0.25, 0.3) is 0 Å². The maximum Gasteiger partial charge on any atom is 0.197 e. The fraction of sp³-hybridized carbons (Fsp3) is 1.00. The lowest BCUT2D eigenvalue weighted by molar-refractivity contribution is -0.363. The Balaban J connectivity index is 1.04. The topological polar surface area (TPSA) is 197 Å². The Bertz CT molecular complexity index is 1310. The van der Waals surface area contributed by atoms with Gasteiger partial charge >= 0.3 is 0 Å². The van der Waals surface area contributed by atoms with Crippen LogP contribution in [0.15, 0.2) is 0 Å². The minimum absolute atomic E-state index is 0.00617. The van der Waals surface area contributed by atoms with Gasteiger partial charge in [0.2, 0.25) is 0 Å². The van der Waals surface area contributed by atoms with E-state index >= 15 is 0 Å². The Labute approximate surface area is 307 Å². The molecule has 0 amide bonds. The van der Waals surface area contributed by atoms with Gasteiger partial charge in [-0.05, 0) is 112 Å². The van der Waals surface area contributed by atoms with Crippen LogP contribution in [0.3, 0.4) is 0 Å². The summed E-state index contributed by atoms with van der Waals surface area (Å²) >= 11 is 0. The van der Waals surface area contributed by atoms with Crippen LogP contribution < -0.4 is 0 Å². The van der Waals surface area contributed by atoms with Gasteiger partial charge in [-0.3, -0.25) is 0 Å². The van der Waals surface area contributed by atoms with Crippen LogP contribution in [-0.4, -0.2) is 134 Å². The zero-order valence-electron chi connectivity index (χ0n) is 31.6. The molecule has 0 aromatic heterocycles. The molecule has 298 valence electrons. The zero-order valence-corrected chi connectivity index (χ0v) is 31.6. The summed E-state index contributed by atoms with van der Waals surface area (Å²) in [6.45, 7) is 12.9. The number of fused-ring (bicyclic) bond motifs is 7. The van der Waals surface area contributed by atoms with Crippen molar-refractivity contribution in [1.29, 1.82) is 0 Å². The summed E-state index contributed by atoms with van der Waals surface area (Å²) in [5.41, 5.74) is -0.122. The van der Waals surface area contributed by atoms with Gasteiger partial charge in [0, 0.05) is 5.92 Å². The molecule has 4 heterocycles. The summed E-state index contributed by atoms with van der Waals surface area (Å²) in [4.78, 5) is 0. The third-order valence-electron chi connectivity index (χ3n) is 16.1. The average molecular weight is 741 g/mol. The minimum Gasteiger partial charge on any atom is -0.393 e. The molecule has 8 aliphatic rings. The van der Waals surface area contributed by atoms with Crippen LogP contribution in [0.25, 0.3) is 0 Å². The van der Waals surface area contributed by atoms with E-state index in [1.165, 1.54) is 0 Å². The van der Waals surface area contributed by atoms with Crippen molar-refractivity contribution < 1.29 is 64.2 Å². The average Bonchev–Trinajstić information content (AvgIpc) is 3.55. The molecule has 0 aromatic carbocycles. The summed E-state index contributed by atoms with van der Waals surface area (Å²) in [5.74, 6) is 0.760. The highest BCUT2D eigenvalue weighted by Crippen LogP contribution is 2.71. The van der Waals surface area contributed by atoms with E-state index in [0.29, 0.717) is 37.2 Å². The van der Waals surface area contributed by atoms with Gasteiger partial charge in [-0.25, -0.2) is 0 Å². The molecule has 0 bridgehead atoms. The van der Waals surface area contributed by atoms with E-state index in [4.69, 9.17) is 28.4 Å². The zero-order chi connectivity index (χ0) is 37.2. The van der Waals surface area contributed by atoms with Gasteiger partial charge in [-0.2, -0.15) is 0 Å². The lowest BCUT2D eigenvalue weighted by Crippen LogP contribution is -2.64. The number of hydrogen-bond acceptors (Lipinski definition) is 13. The number of hydrogen-bond donors (Lipinski definition) is 7. The highest BCUT2D eigenvalue weighted by atomic mass is 16.7. The molecule has 1 spiro atoms. The van der Waals surface area contributed by atoms with E-state index in [0.717, 1.165) is 38.5 Å². The monoisotopic (exact) mass is 740 g/mol. The quantitative estimate of drug-likeness (QED) is 0.205. The Kier molecular flexibility index (Phi) is 10.0. The van der Waals surface area contributed by atoms with Crippen LogP contribution in [0.1, 0.15) is 92.9 Å². The molecule has 7 N–H and O–H groups in total. The summed E-state index contributed by atoms with van der Waals surface area (Å²) in [7, 11) is 0. The van der Waals surface area contributed by atoms with Gasteiger partial charge in [0.05, 0.1) is 37.1 Å². The second-order valence-electron chi connectivity index (χ2n) is 18.9. The first kappa shape index (κ1) is 38.4. The molecule has 8 fully saturated rings. The van der Waals surface area contributed by atoms with Crippen molar-refractivity contribution >= 4 is 0 Å². The molecule has 13 nitrogen and oxygen atoms in total. The third kappa shape index (κ3) is 5.73. The lowest BCUT2D eigenvalue weighted by Gasteiger charge is -2.63. The van der Waals surface area contributed by atoms with E-state index in [9.17, 15) is 35.7 Å². The van der Waals surface area contributed by atoms with Crippen molar-refractivity contribution in [3.63, 3.8) is 0 Å². The Hall–Kier alpha value is -0.520. The molecule has 4 saturated heterocycles. The number of aliphatic hydroxyl groups is 7. The number of aliphatic hydroxyl groups excluding tert-OH is 7. The first-order valence-corrected chi connectivity index (χ1v) is 20.2. The molecule has 4 aliphatic heterocycles. The SMILES string of the molecule is CC1CO[C@@]2(O[C@H]3C[C@H]4[C@@H]5C[C@H](O[C@@H]6O[C@H](C)[C@@H](O)[C@H](O[C@@H]7O[C@@H](C)[C@H](O)[C@@H](O)[C@H]7O)[C@H]6O)[C@H]6C[C@@H](O)CC[C@]6(C)[C@H]5CC[C@]4(C)[C@H]3[C@@H]2C)[C@H](O)C1. The number of ether oxygens (including phenoxy) is 6. The molecule has 52 heavy (non-hydrogen) atoms. The molecule has 0 radical (unpaired) electrons. The maximum absolute atomic E-state index is 11.7. The summed E-state index contributed by atoms with van der Waals surface area (Å²) in [5, 5.41) is 76.3. The van der Waals surface area contributed by atoms with Gasteiger partial charge < -0.3 is 64.2 Å². The molecule has 0 aromatic rings. The lowest BCUT2D eigenvalue weighted by atomic mass is 9.43. The molecule has 1 unspecified atom stereocenters. The van der Waals surface area contributed by atoms with Gasteiger partial charge in [-0.1, -0.05) is 27.7 Å². The van der Waals surface area contributed by atoms with E-state index in [2.05, 4.69) is 27.7 Å². The fourth-order valence-corrected chi connectivity index (χ4v) is 13.3. The normalized spacial score (nSPS) is 61.9. The standard InChI is InChI=1S/C39H64O13/c1-16-11-27(41)39(47-15-16)17(2)28-26(52-39)14-23-21-13-25(24-12-20(40)7-9-37(24,5)22(21)8-10-38(23,28)6)50-36-33(46)34(30(43)19(4)49-36)51-35-32(45)31(44)29(42)18(3)48-35/h16-36,40-46H,7-15H2,1-6H3/t16?,17-,18-,19+,20-,21+,22-,23-,24+,25-,26-,27+,28-,29-,30+,31+,32+,33+,34-,35-,36-,37+,38-,39-/m0/s1. The molecule has 4 saturated carbocycles. The Morgan fingerprint density at radius 2 is 1.31 bits per heavy atom. The van der Waals surface area contributed by atoms with Crippen LogP contribution in [0, 0.1) is 52.3 Å². The molecule has 13 heteroatoms. The van der Waals surface area contributed by atoms with Crippen molar-refractivity contribution in [3.05, 3.63) is 0 Å². The summed E-state index contributed by atoms with van der Waals surface area (Å²) < 4.78 is 37.9. The van der Waals surface area contributed by atoms with Gasteiger partial charge in [0.15, 0.2) is 18.4 Å². The highest BCUT2D eigenvalue weighted by Gasteiger charge is 2.71. The molecular formula is C39H64O13. The van der Waals surface area contributed by atoms with Crippen molar-refractivity contribution in [1.82, 2.24) is 0 Å². The minimum atomic E-state index is -1.60. The Morgan fingerprint density at radius 1 is 0.635 bits per heavy atom. The van der Waals surface area contributed by atoms with E-state index in [1.807, 2.05) is 0 Å². The van der Waals surface area contributed by atoms with Crippen molar-refractivity contribution in [2.75, 3.05) is 6.61 Å². The van der Waals surface area contributed by atoms with Crippen molar-refractivity contribution in [2.24, 2.45) is 52.3 Å². The van der Waals surface area contributed by atoms with Gasteiger partial charge in [-0.15, -0.1) is 0 Å². The summed E-state index contributed by atoms with van der Waals surface area (Å²) in [6, 6.07) is 0. The van der Waals surface area contributed by atoms with Crippen molar-refractivity contribution in [2.45, 2.75) is 185 Å². The van der Waals surface area contributed by atoms with Crippen LogP contribution in [0.2, 0.25) is 0 Å². The van der Waals surface area contributed by atoms with Crippen LogP contribution in [-0.2, 0) is 28.4 Å². The predicted octanol–water partition coefficient (Wildman–Crippen LogP) is 1.44. The second kappa shape index (κ2) is 13.6. The largest absolute Gasteiger partial charge is 0.393 e. The predicted molar refractivity (Wildman–Crippen MR) is 183 cm³/mol. The van der Waals surface area contributed by atoms with Crippen molar-refractivity contribution in [3.8, 4) is 0 Å². The summed E-state index contributed by atoms with van der Waals surface area (Å²) in [6.07, 6.45) is -7.54. The van der Waals surface area contributed by atoms with E-state index < -0.39 is 79.4 Å². The fourth-order valence-electron chi connectivity index (χ4n) is 13.3. The number of rotatable bonds is 4. The molecule has 24 atom stereocenters. The second-order valence-corrected chi connectivity index (χ2v) is 18.9. The smallest absolute Gasteiger partial charge is 0.197 e. The molecular weight excluding hydrogens is 676 g/mol. The molecule has 4 aliphatic carbocycles. The highest BCUT2D eigenvalue weighted by molar-refractivity contribution is 5.17.